The van der Waals surface area contributed by atoms with Gasteiger partial charge < -0.3 is 9.64 Å². The number of benzene rings is 1. The second-order valence-corrected chi connectivity index (χ2v) is 9.97. The number of ether oxygens (including phenoxy) is 1. The third kappa shape index (κ3) is 6.16. The van der Waals surface area contributed by atoms with Crippen molar-refractivity contribution in [3.05, 3.63) is 58.5 Å². The molecule has 0 bridgehead atoms. The summed E-state index contributed by atoms with van der Waals surface area (Å²) in [4.78, 5) is 20.6. The molecule has 1 N–H and O–H groups in total. The lowest BCUT2D eigenvalue weighted by Crippen LogP contribution is -2.54. The summed E-state index contributed by atoms with van der Waals surface area (Å²) < 4.78 is 51.0. The van der Waals surface area contributed by atoms with Crippen LogP contribution >= 0.6 is 11.6 Å². The zero-order valence-electron chi connectivity index (χ0n) is 17.7. The fraction of sp³-hybridized carbons (Fsp3) is 0.429. The first-order valence-electron chi connectivity index (χ1n) is 10.1. The molecule has 1 saturated heterocycles. The van der Waals surface area contributed by atoms with E-state index >= 15 is 0 Å². The molecule has 0 saturated carbocycles. The van der Waals surface area contributed by atoms with Crippen LogP contribution in [0.25, 0.3) is 0 Å². The summed E-state index contributed by atoms with van der Waals surface area (Å²) in [5, 5.41) is -1.13. The number of carbonyl (C=O) groups is 1. The van der Waals surface area contributed by atoms with Crippen molar-refractivity contribution in [1.29, 1.82) is 0 Å². The lowest BCUT2D eigenvalue weighted by Gasteiger charge is -2.39. The smallest absolute Gasteiger partial charge is 0.271 e. The van der Waals surface area contributed by atoms with Crippen LogP contribution in [0.15, 0.2) is 36.5 Å². The Balaban J connectivity index is 1.60. The fourth-order valence-electron chi connectivity index (χ4n) is 3.62. The number of hydrogen-bond donors (Lipinski definition) is 1. The molecular formula is C21H25ClFN3O5S. The maximum absolute atomic E-state index is 13.1. The molecule has 1 aliphatic heterocycles. The van der Waals surface area contributed by atoms with E-state index in [9.17, 15) is 22.2 Å². The van der Waals surface area contributed by atoms with Gasteiger partial charge in [-0.25, -0.2) is 9.37 Å². The molecule has 1 amide bonds. The van der Waals surface area contributed by atoms with Gasteiger partial charge in [0.15, 0.2) is 6.61 Å². The van der Waals surface area contributed by atoms with Crippen molar-refractivity contribution < 1.29 is 26.9 Å². The number of amides is 1. The van der Waals surface area contributed by atoms with Gasteiger partial charge in [0.1, 0.15) is 11.1 Å². The summed E-state index contributed by atoms with van der Waals surface area (Å²) in [6.45, 7) is 5.33. The zero-order valence-corrected chi connectivity index (χ0v) is 19.3. The van der Waals surface area contributed by atoms with Crippen LogP contribution in [0.2, 0.25) is 5.02 Å². The summed E-state index contributed by atoms with van der Waals surface area (Å²) in [7, 11) is -4.40. The molecule has 2 atom stereocenters. The van der Waals surface area contributed by atoms with Crippen LogP contribution in [0.3, 0.4) is 0 Å². The predicted octanol–water partition coefficient (Wildman–Crippen LogP) is 2.93. The van der Waals surface area contributed by atoms with Crippen LogP contribution in [-0.2, 0) is 21.5 Å². The number of halogens is 2. The summed E-state index contributed by atoms with van der Waals surface area (Å²) in [6.07, 6.45) is 1.28. The monoisotopic (exact) mass is 485 g/mol. The molecular weight excluding hydrogens is 461 g/mol. The second kappa shape index (κ2) is 10.1. The minimum Gasteiger partial charge on any atom is -0.467 e. The predicted molar refractivity (Wildman–Crippen MR) is 118 cm³/mol. The van der Waals surface area contributed by atoms with Gasteiger partial charge in [-0.1, -0.05) is 23.7 Å². The number of pyridine rings is 1. The van der Waals surface area contributed by atoms with Crippen LogP contribution in [0, 0.1) is 5.82 Å². The molecule has 1 aliphatic rings. The molecule has 2 heterocycles. The molecule has 8 nitrogen and oxygen atoms in total. The van der Waals surface area contributed by atoms with E-state index in [1.54, 1.807) is 17.0 Å². The van der Waals surface area contributed by atoms with Gasteiger partial charge in [-0.2, -0.15) is 8.42 Å². The van der Waals surface area contributed by atoms with Gasteiger partial charge in [0.05, 0.1) is 5.02 Å². The van der Waals surface area contributed by atoms with Gasteiger partial charge in [0, 0.05) is 44.0 Å². The van der Waals surface area contributed by atoms with Gasteiger partial charge in [0.25, 0.3) is 16.0 Å². The normalized spacial score (nSPS) is 18.4. The van der Waals surface area contributed by atoms with Crippen molar-refractivity contribution in [3.8, 4) is 5.88 Å². The highest BCUT2D eigenvalue weighted by Crippen LogP contribution is 2.30. The van der Waals surface area contributed by atoms with Crippen LogP contribution in [0.1, 0.15) is 30.2 Å². The van der Waals surface area contributed by atoms with Crippen molar-refractivity contribution in [3.63, 3.8) is 0 Å². The van der Waals surface area contributed by atoms with E-state index in [2.05, 4.69) is 9.88 Å². The Hall–Kier alpha value is -2.27. The molecule has 1 aromatic heterocycles. The Morgan fingerprint density at radius 1 is 1.34 bits per heavy atom. The minimum atomic E-state index is -4.40. The number of carbonyl (C=O) groups excluding carboxylic acids is 1. The van der Waals surface area contributed by atoms with Crippen molar-refractivity contribution in [2.75, 3.05) is 26.2 Å². The van der Waals surface area contributed by atoms with E-state index < -0.39 is 15.4 Å². The van der Waals surface area contributed by atoms with Crippen molar-refractivity contribution in [2.24, 2.45) is 0 Å². The quantitative estimate of drug-likeness (QED) is 0.602. The average molecular weight is 486 g/mol. The topological polar surface area (TPSA) is 100 Å². The van der Waals surface area contributed by atoms with Gasteiger partial charge in [-0.3, -0.25) is 14.2 Å². The van der Waals surface area contributed by atoms with Crippen LogP contribution < -0.4 is 4.74 Å². The first kappa shape index (κ1) is 24.4. The van der Waals surface area contributed by atoms with Gasteiger partial charge >= 0.3 is 0 Å². The molecule has 11 heteroatoms. The second-order valence-electron chi connectivity index (χ2n) is 7.79. The van der Waals surface area contributed by atoms with E-state index in [1.165, 1.54) is 31.3 Å². The molecule has 0 aliphatic carbocycles. The van der Waals surface area contributed by atoms with Crippen LogP contribution in [-0.4, -0.2) is 65.9 Å². The first-order valence-corrected chi connectivity index (χ1v) is 11.9. The Kier molecular flexibility index (Phi) is 7.71. The average Bonchev–Trinajstić information content (AvgIpc) is 2.73. The third-order valence-corrected chi connectivity index (χ3v) is 6.77. The lowest BCUT2D eigenvalue weighted by molar-refractivity contribution is -0.138. The van der Waals surface area contributed by atoms with Gasteiger partial charge in [-0.15, -0.1) is 0 Å². The fourth-order valence-corrected chi connectivity index (χ4v) is 4.28. The van der Waals surface area contributed by atoms with Crippen LogP contribution in [0.5, 0.6) is 5.88 Å². The van der Waals surface area contributed by atoms with Crippen LogP contribution in [0.4, 0.5) is 4.39 Å². The molecule has 1 unspecified atom stereocenters. The Labute approximate surface area is 191 Å². The van der Waals surface area contributed by atoms with E-state index in [1.807, 2.05) is 6.92 Å². The van der Waals surface area contributed by atoms with Crippen molar-refractivity contribution >= 4 is 27.6 Å². The molecule has 0 spiro atoms. The minimum absolute atomic E-state index is 0.0736. The summed E-state index contributed by atoms with van der Waals surface area (Å²) in [5.74, 6) is -0.613. The highest BCUT2D eigenvalue weighted by Gasteiger charge is 2.29. The van der Waals surface area contributed by atoms with E-state index in [4.69, 9.17) is 16.3 Å². The first-order chi connectivity index (χ1) is 15.0. The molecule has 0 radical (unpaired) electrons. The summed E-state index contributed by atoms with van der Waals surface area (Å²) >= 11 is 5.90. The Morgan fingerprint density at radius 2 is 2.03 bits per heavy atom. The molecule has 32 heavy (non-hydrogen) atoms. The van der Waals surface area contributed by atoms with E-state index in [0.29, 0.717) is 26.2 Å². The molecule has 3 rings (SSSR count). The Bertz CT molecular complexity index is 1070. The lowest BCUT2D eigenvalue weighted by atomic mass is 10.1. The largest absolute Gasteiger partial charge is 0.467 e. The number of aromatic nitrogens is 1. The number of rotatable bonds is 7. The van der Waals surface area contributed by atoms with Crippen molar-refractivity contribution in [2.45, 2.75) is 31.7 Å². The number of piperazine rings is 1. The maximum atomic E-state index is 13.1. The molecule has 1 fully saturated rings. The third-order valence-electron chi connectivity index (χ3n) is 5.41. The molecule has 2 aromatic rings. The number of hydrogen-bond acceptors (Lipinski definition) is 6. The highest BCUT2D eigenvalue weighted by atomic mass is 35.5. The summed E-state index contributed by atoms with van der Waals surface area (Å²) in [6, 6.07) is 7.61. The highest BCUT2D eigenvalue weighted by molar-refractivity contribution is 7.86. The van der Waals surface area contributed by atoms with E-state index in [-0.39, 0.29) is 40.8 Å². The zero-order chi connectivity index (χ0) is 23.5. The Morgan fingerprint density at radius 3 is 2.66 bits per heavy atom. The standard InChI is InChI=1S/C21H25ClFN3O5S/c1-14-11-25(12-16-3-5-18(23)6-4-16)7-8-26(14)20(27)13-31-21-19(9-17(22)10-24-21)15(2)32(28,29)30/h3-6,9-10,14-15H,7-8,11-13H2,1-2H3,(H,28,29,30)/t14-,15?/m1/s1. The SMILES string of the molecule is CC(c1cc(Cl)cnc1OCC(=O)N1CCN(Cc2ccc(F)cc2)C[C@H]1C)S(=O)(=O)O. The molecule has 1 aromatic carbocycles. The molecule has 174 valence electrons. The van der Waals surface area contributed by atoms with Gasteiger partial charge in [-0.05, 0) is 37.6 Å². The summed E-state index contributed by atoms with van der Waals surface area (Å²) in [5.41, 5.74) is 1.07. The number of nitrogens with zero attached hydrogens (tertiary/aromatic N) is 3. The van der Waals surface area contributed by atoms with Crippen molar-refractivity contribution in [1.82, 2.24) is 14.8 Å². The van der Waals surface area contributed by atoms with E-state index in [0.717, 1.165) is 5.56 Å². The van der Waals surface area contributed by atoms with Gasteiger partial charge in [0.2, 0.25) is 5.88 Å². The maximum Gasteiger partial charge on any atom is 0.271 e.